The summed E-state index contributed by atoms with van der Waals surface area (Å²) in [6.07, 6.45) is 0.621. The number of hydrogen-bond acceptors (Lipinski definition) is 3. The summed E-state index contributed by atoms with van der Waals surface area (Å²) in [5, 5.41) is 4.23. The van der Waals surface area contributed by atoms with E-state index in [1.807, 2.05) is 11.1 Å². The van der Waals surface area contributed by atoms with Crippen molar-refractivity contribution >= 4 is 5.91 Å². The topological polar surface area (TPSA) is 26.8 Å². The Morgan fingerprint density at radius 2 is 1.70 bits per heavy atom. The van der Waals surface area contributed by atoms with E-state index in [2.05, 4.69) is 79.2 Å². The van der Waals surface area contributed by atoms with Gasteiger partial charge in [0.15, 0.2) is 0 Å². The minimum atomic E-state index is 0.153. The fraction of sp³-hybridized carbons (Fsp3) is 0.435. The molecule has 4 rings (SSSR count). The molecule has 2 aromatic rings. The lowest BCUT2D eigenvalue weighted by molar-refractivity contribution is -0.158. The SMILES string of the molecule is CC(C)(C)c1ccc(C2CN(Cc3ccccc3)CN3C(=O)CCN23)cc1. The zero-order valence-corrected chi connectivity index (χ0v) is 16.6. The van der Waals surface area contributed by atoms with Gasteiger partial charge in [0.25, 0.3) is 0 Å². The maximum absolute atomic E-state index is 12.4. The lowest BCUT2D eigenvalue weighted by Crippen LogP contribution is -2.55. The van der Waals surface area contributed by atoms with Crippen molar-refractivity contribution in [2.75, 3.05) is 19.8 Å². The predicted octanol–water partition coefficient (Wildman–Crippen LogP) is 3.95. The Morgan fingerprint density at radius 1 is 1.00 bits per heavy atom. The van der Waals surface area contributed by atoms with Gasteiger partial charge in [0.2, 0.25) is 5.91 Å². The number of hydrazine groups is 1. The fourth-order valence-electron chi connectivity index (χ4n) is 4.11. The summed E-state index contributed by atoms with van der Waals surface area (Å²) in [5.74, 6) is 0.240. The van der Waals surface area contributed by atoms with Crippen molar-refractivity contribution in [1.82, 2.24) is 14.9 Å². The average Bonchev–Trinajstić information content (AvgIpc) is 3.02. The van der Waals surface area contributed by atoms with Crippen LogP contribution in [0.5, 0.6) is 0 Å². The highest BCUT2D eigenvalue weighted by atomic mass is 16.2. The molecule has 1 atom stereocenters. The first kappa shape index (κ1) is 18.2. The molecule has 0 aromatic heterocycles. The van der Waals surface area contributed by atoms with Crippen LogP contribution in [-0.4, -0.2) is 40.6 Å². The van der Waals surface area contributed by atoms with E-state index in [0.29, 0.717) is 13.1 Å². The van der Waals surface area contributed by atoms with Crippen LogP contribution in [0.3, 0.4) is 0 Å². The van der Waals surface area contributed by atoms with Crippen molar-refractivity contribution < 1.29 is 4.79 Å². The van der Waals surface area contributed by atoms with Gasteiger partial charge in [0, 0.05) is 26.1 Å². The molecule has 2 aliphatic rings. The molecule has 2 fully saturated rings. The summed E-state index contributed by atoms with van der Waals surface area (Å²) < 4.78 is 0. The van der Waals surface area contributed by atoms with Crippen molar-refractivity contribution in [2.24, 2.45) is 0 Å². The summed E-state index contributed by atoms with van der Waals surface area (Å²) >= 11 is 0. The lowest BCUT2D eigenvalue weighted by Gasteiger charge is -2.45. The van der Waals surface area contributed by atoms with Crippen LogP contribution < -0.4 is 0 Å². The van der Waals surface area contributed by atoms with Gasteiger partial charge in [-0.25, -0.2) is 5.01 Å². The van der Waals surface area contributed by atoms with Gasteiger partial charge in [0.1, 0.15) is 0 Å². The Balaban J connectivity index is 1.58. The molecule has 0 N–H and O–H groups in total. The molecule has 1 amide bonds. The third-order valence-corrected chi connectivity index (χ3v) is 5.69. The molecule has 2 saturated heterocycles. The normalized spacial score (nSPS) is 21.5. The number of fused-ring (bicyclic) bond motifs is 1. The first-order valence-electron chi connectivity index (χ1n) is 9.85. The molecular formula is C23H29N3O. The predicted molar refractivity (Wildman–Crippen MR) is 108 cm³/mol. The number of carbonyl (C=O) groups excluding carboxylic acids is 1. The molecule has 0 bridgehead atoms. The second kappa shape index (κ2) is 7.10. The smallest absolute Gasteiger partial charge is 0.239 e. The van der Waals surface area contributed by atoms with Gasteiger partial charge in [-0.2, -0.15) is 0 Å². The Morgan fingerprint density at radius 3 is 2.37 bits per heavy atom. The van der Waals surface area contributed by atoms with Crippen LogP contribution in [0.2, 0.25) is 0 Å². The summed E-state index contributed by atoms with van der Waals surface area (Å²) in [7, 11) is 0. The Hall–Kier alpha value is -2.17. The van der Waals surface area contributed by atoms with Crippen LogP contribution in [-0.2, 0) is 16.8 Å². The minimum absolute atomic E-state index is 0.153. The van der Waals surface area contributed by atoms with Crippen LogP contribution in [0.15, 0.2) is 54.6 Å². The third-order valence-electron chi connectivity index (χ3n) is 5.69. The molecular weight excluding hydrogens is 334 g/mol. The van der Waals surface area contributed by atoms with Crippen molar-refractivity contribution in [2.45, 2.75) is 45.2 Å². The quantitative estimate of drug-likeness (QED) is 0.826. The first-order chi connectivity index (χ1) is 12.9. The van der Waals surface area contributed by atoms with Gasteiger partial charge in [-0.3, -0.25) is 14.7 Å². The highest BCUT2D eigenvalue weighted by Gasteiger charge is 2.40. The summed E-state index contributed by atoms with van der Waals surface area (Å²) in [5.41, 5.74) is 4.08. The van der Waals surface area contributed by atoms with Crippen LogP contribution in [0, 0.1) is 0 Å². The molecule has 142 valence electrons. The highest BCUT2D eigenvalue weighted by Crippen LogP contribution is 2.33. The second-order valence-corrected chi connectivity index (χ2v) is 8.73. The fourth-order valence-corrected chi connectivity index (χ4v) is 4.11. The molecule has 27 heavy (non-hydrogen) atoms. The van der Waals surface area contributed by atoms with Gasteiger partial charge >= 0.3 is 0 Å². The standard InChI is InChI=1S/C23H29N3O/c1-23(2,3)20-11-9-19(10-12-20)21-16-24(15-18-7-5-4-6-8-18)17-26-22(27)13-14-25(21)26/h4-12,21H,13-17H2,1-3H3. The number of benzene rings is 2. The van der Waals surface area contributed by atoms with Crippen molar-refractivity contribution in [3.8, 4) is 0 Å². The van der Waals surface area contributed by atoms with E-state index in [-0.39, 0.29) is 17.4 Å². The number of amides is 1. The van der Waals surface area contributed by atoms with E-state index in [4.69, 9.17) is 0 Å². The summed E-state index contributed by atoms with van der Waals surface area (Å²) in [6, 6.07) is 19.7. The monoisotopic (exact) mass is 363 g/mol. The minimum Gasteiger partial charge on any atom is -0.278 e. The van der Waals surface area contributed by atoms with Crippen LogP contribution in [0.1, 0.15) is 49.9 Å². The van der Waals surface area contributed by atoms with Crippen LogP contribution in [0.25, 0.3) is 0 Å². The molecule has 2 heterocycles. The Bertz CT molecular complexity index is 795. The van der Waals surface area contributed by atoms with E-state index in [9.17, 15) is 4.79 Å². The molecule has 0 aliphatic carbocycles. The summed E-state index contributed by atoms with van der Waals surface area (Å²) in [6.45, 7) is 10.0. The lowest BCUT2D eigenvalue weighted by atomic mass is 9.86. The third kappa shape index (κ3) is 3.78. The number of hydrogen-bond donors (Lipinski definition) is 0. The van der Waals surface area contributed by atoms with Gasteiger partial charge in [-0.05, 0) is 22.1 Å². The maximum atomic E-state index is 12.4. The molecule has 0 spiro atoms. The zero-order valence-electron chi connectivity index (χ0n) is 16.6. The van der Waals surface area contributed by atoms with Crippen LogP contribution in [0.4, 0.5) is 0 Å². The Labute approximate surface area is 162 Å². The zero-order chi connectivity index (χ0) is 19.0. The highest BCUT2D eigenvalue weighted by molar-refractivity contribution is 5.77. The molecule has 1 unspecified atom stereocenters. The molecule has 0 saturated carbocycles. The van der Waals surface area contributed by atoms with Crippen molar-refractivity contribution in [3.63, 3.8) is 0 Å². The van der Waals surface area contributed by atoms with Gasteiger partial charge in [0.05, 0.1) is 12.7 Å². The van der Waals surface area contributed by atoms with E-state index in [1.54, 1.807) is 0 Å². The van der Waals surface area contributed by atoms with Crippen LogP contribution >= 0.6 is 0 Å². The maximum Gasteiger partial charge on any atom is 0.239 e. The molecule has 4 heteroatoms. The van der Waals surface area contributed by atoms with E-state index in [1.165, 1.54) is 16.7 Å². The number of rotatable bonds is 3. The van der Waals surface area contributed by atoms with Gasteiger partial charge in [-0.15, -0.1) is 0 Å². The molecule has 0 radical (unpaired) electrons. The molecule has 2 aromatic carbocycles. The van der Waals surface area contributed by atoms with Crippen molar-refractivity contribution in [3.05, 3.63) is 71.3 Å². The number of nitrogens with zero attached hydrogens (tertiary/aromatic N) is 3. The van der Waals surface area contributed by atoms with Crippen molar-refractivity contribution in [1.29, 1.82) is 0 Å². The van der Waals surface area contributed by atoms with E-state index >= 15 is 0 Å². The number of carbonyl (C=O) groups is 1. The van der Waals surface area contributed by atoms with E-state index in [0.717, 1.165) is 19.6 Å². The largest absolute Gasteiger partial charge is 0.278 e. The van der Waals surface area contributed by atoms with E-state index < -0.39 is 0 Å². The summed E-state index contributed by atoms with van der Waals surface area (Å²) in [4.78, 5) is 14.8. The first-order valence-corrected chi connectivity index (χ1v) is 9.85. The Kier molecular flexibility index (Phi) is 4.79. The van der Waals surface area contributed by atoms with Gasteiger partial charge in [-0.1, -0.05) is 75.4 Å². The molecule has 2 aliphatic heterocycles. The van der Waals surface area contributed by atoms with Gasteiger partial charge < -0.3 is 0 Å². The average molecular weight is 364 g/mol. The molecule has 4 nitrogen and oxygen atoms in total. The second-order valence-electron chi connectivity index (χ2n) is 8.73.